The van der Waals surface area contributed by atoms with Crippen LogP contribution < -0.4 is 11.2 Å². The van der Waals surface area contributed by atoms with E-state index < -0.39 is 5.25 Å². The van der Waals surface area contributed by atoms with Crippen LogP contribution in [0.25, 0.3) is 11.4 Å². The standard InChI is InChI=1S/C19H19Cl2N5OS/c1-3-12-4-7-14(8-5-12)23-18(27)11(2)28-19-25-24-17(26(19)22)15-9-6-13(20)10-16(15)21/h4-11H,3,22H2,1-2H3,(H,23,27). The molecule has 1 amide bonds. The van der Waals surface area contributed by atoms with Gasteiger partial charge in [0.15, 0.2) is 5.82 Å². The SMILES string of the molecule is CCc1ccc(NC(=O)C(C)Sc2nnc(-c3ccc(Cl)cc3Cl)n2N)cc1. The maximum Gasteiger partial charge on any atom is 0.237 e. The molecule has 1 heterocycles. The molecular weight excluding hydrogens is 417 g/mol. The largest absolute Gasteiger partial charge is 0.335 e. The summed E-state index contributed by atoms with van der Waals surface area (Å²) in [7, 11) is 0. The Morgan fingerprint density at radius 3 is 2.57 bits per heavy atom. The number of hydrogen-bond donors (Lipinski definition) is 2. The molecule has 6 nitrogen and oxygen atoms in total. The van der Waals surface area contributed by atoms with E-state index in [1.165, 1.54) is 22.0 Å². The molecule has 1 unspecified atom stereocenters. The molecule has 3 rings (SSSR count). The van der Waals surface area contributed by atoms with Crippen LogP contribution in [0.2, 0.25) is 10.0 Å². The van der Waals surface area contributed by atoms with Gasteiger partial charge in [-0.1, -0.05) is 54.0 Å². The summed E-state index contributed by atoms with van der Waals surface area (Å²) in [6, 6.07) is 12.8. The first-order chi connectivity index (χ1) is 13.4. The predicted octanol–water partition coefficient (Wildman–Crippen LogP) is 4.65. The molecule has 0 aliphatic carbocycles. The van der Waals surface area contributed by atoms with Crippen molar-refractivity contribution < 1.29 is 4.79 Å². The number of carbonyl (C=O) groups is 1. The number of aromatic nitrogens is 3. The summed E-state index contributed by atoms with van der Waals surface area (Å²) in [5.74, 6) is 6.37. The van der Waals surface area contributed by atoms with Crippen molar-refractivity contribution in [2.45, 2.75) is 30.7 Å². The van der Waals surface area contributed by atoms with Gasteiger partial charge in [0.1, 0.15) is 0 Å². The zero-order chi connectivity index (χ0) is 20.3. The Morgan fingerprint density at radius 2 is 1.93 bits per heavy atom. The highest BCUT2D eigenvalue weighted by atomic mass is 35.5. The summed E-state index contributed by atoms with van der Waals surface area (Å²) in [6.07, 6.45) is 0.951. The lowest BCUT2D eigenvalue weighted by Gasteiger charge is -2.12. The summed E-state index contributed by atoms with van der Waals surface area (Å²) in [4.78, 5) is 12.5. The minimum absolute atomic E-state index is 0.150. The van der Waals surface area contributed by atoms with Crippen molar-refractivity contribution in [1.82, 2.24) is 14.9 Å². The third kappa shape index (κ3) is 4.60. The Balaban J connectivity index is 1.70. The van der Waals surface area contributed by atoms with E-state index in [4.69, 9.17) is 29.0 Å². The first kappa shape index (κ1) is 20.5. The first-order valence-corrected chi connectivity index (χ1v) is 10.2. The molecule has 0 aliphatic heterocycles. The highest BCUT2D eigenvalue weighted by Gasteiger charge is 2.21. The van der Waals surface area contributed by atoms with Crippen LogP contribution in [0.15, 0.2) is 47.6 Å². The van der Waals surface area contributed by atoms with Crippen LogP contribution in [0, 0.1) is 0 Å². The predicted molar refractivity (Wildman–Crippen MR) is 115 cm³/mol. The molecule has 0 spiro atoms. The number of hydrogen-bond acceptors (Lipinski definition) is 5. The quantitative estimate of drug-likeness (QED) is 0.434. The van der Waals surface area contributed by atoms with Crippen molar-refractivity contribution in [2.24, 2.45) is 0 Å². The second kappa shape index (κ2) is 8.86. The molecule has 1 atom stereocenters. The molecular formula is C19H19Cl2N5OS. The highest BCUT2D eigenvalue weighted by molar-refractivity contribution is 8.00. The number of nitrogens with two attached hydrogens (primary N) is 1. The number of anilines is 1. The van der Waals surface area contributed by atoms with Crippen LogP contribution >= 0.6 is 35.0 Å². The van der Waals surface area contributed by atoms with E-state index >= 15 is 0 Å². The number of nitrogen functional groups attached to an aromatic ring is 1. The molecule has 3 N–H and O–H groups in total. The number of rotatable bonds is 6. The first-order valence-electron chi connectivity index (χ1n) is 8.61. The third-order valence-electron chi connectivity index (χ3n) is 4.12. The van der Waals surface area contributed by atoms with Gasteiger partial charge in [0, 0.05) is 16.3 Å². The van der Waals surface area contributed by atoms with E-state index in [2.05, 4.69) is 22.4 Å². The average Bonchev–Trinajstić information content (AvgIpc) is 3.02. The van der Waals surface area contributed by atoms with E-state index in [0.717, 1.165) is 12.1 Å². The number of carbonyl (C=O) groups excluding carboxylic acids is 1. The molecule has 0 saturated carbocycles. The monoisotopic (exact) mass is 435 g/mol. The minimum Gasteiger partial charge on any atom is -0.335 e. The van der Waals surface area contributed by atoms with E-state index in [1.807, 2.05) is 24.3 Å². The molecule has 0 saturated heterocycles. The molecule has 0 fully saturated rings. The van der Waals surface area contributed by atoms with Crippen molar-refractivity contribution >= 4 is 46.6 Å². The van der Waals surface area contributed by atoms with Gasteiger partial charge in [0.05, 0.1) is 10.3 Å². The van der Waals surface area contributed by atoms with E-state index in [-0.39, 0.29) is 5.91 Å². The molecule has 0 radical (unpaired) electrons. The van der Waals surface area contributed by atoms with Crippen molar-refractivity contribution in [3.8, 4) is 11.4 Å². The zero-order valence-corrected chi connectivity index (χ0v) is 17.6. The van der Waals surface area contributed by atoms with Crippen LogP contribution in [0.5, 0.6) is 0 Å². The molecule has 9 heteroatoms. The average molecular weight is 436 g/mol. The van der Waals surface area contributed by atoms with Gasteiger partial charge in [-0.2, -0.15) is 0 Å². The van der Waals surface area contributed by atoms with Gasteiger partial charge in [0.2, 0.25) is 11.1 Å². The molecule has 146 valence electrons. The van der Waals surface area contributed by atoms with Gasteiger partial charge in [0.25, 0.3) is 0 Å². The Kier molecular flexibility index (Phi) is 6.49. The topological polar surface area (TPSA) is 85.8 Å². The normalized spacial score (nSPS) is 12.0. The molecule has 0 bridgehead atoms. The van der Waals surface area contributed by atoms with Crippen molar-refractivity contribution in [1.29, 1.82) is 0 Å². The van der Waals surface area contributed by atoms with E-state index in [0.29, 0.717) is 26.6 Å². The Morgan fingerprint density at radius 1 is 1.21 bits per heavy atom. The van der Waals surface area contributed by atoms with Crippen molar-refractivity contribution in [3.05, 3.63) is 58.1 Å². The van der Waals surface area contributed by atoms with Crippen molar-refractivity contribution in [2.75, 3.05) is 11.2 Å². The van der Waals surface area contributed by atoms with Crippen LogP contribution in [0.4, 0.5) is 5.69 Å². The van der Waals surface area contributed by atoms with Crippen LogP contribution in [-0.4, -0.2) is 26.0 Å². The number of nitrogens with one attached hydrogen (secondary N) is 1. The van der Waals surface area contributed by atoms with Gasteiger partial charge in [-0.3, -0.25) is 4.79 Å². The van der Waals surface area contributed by atoms with Crippen LogP contribution in [-0.2, 0) is 11.2 Å². The summed E-state index contributed by atoms with van der Waals surface area (Å²) < 4.78 is 1.32. The fourth-order valence-electron chi connectivity index (χ4n) is 2.49. The van der Waals surface area contributed by atoms with Gasteiger partial charge in [-0.05, 0) is 49.2 Å². The Hall–Kier alpha value is -2.22. The van der Waals surface area contributed by atoms with Gasteiger partial charge in [-0.25, -0.2) is 4.68 Å². The Bertz CT molecular complexity index is 990. The lowest BCUT2D eigenvalue weighted by molar-refractivity contribution is -0.115. The molecule has 1 aromatic heterocycles. The number of amides is 1. The van der Waals surface area contributed by atoms with Gasteiger partial charge >= 0.3 is 0 Å². The lowest BCUT2D eigenvalue weighted by atomic mass is 10.1. The fourth-order valence-corrected chi connectivity index (χ4v) is 3.75. The molecule has 28 heavy (non-hydrogen) atoms. The van der Waals surface area contributed by atoms with E-state index in [1.54, 1.807) is 25.1 Å². The second-order valence-corrected chi connectivity index (χ2v) is 8.25. The lowest BCUT2D eigenvalue weighted by Crippen LogP contribution is -2.23. The van der Waals surface area contributed by atoms with Crippen LogP contribution in [0.3, 0.4) is 0 Å². The summed E-state index contributed by atoms with van der Waals surface area (Å²) >= 11 is 13.4. The minimum atomic E-state index is -0.425. The van der Waals surface area contributed by atoms with Crippen molar-refractivity contribution in [3.63, 3.8) is 0 Å². The maximum absolute atomic E-state index is 12.5. The summed E-state index contributed by atoms with van der Waals surface area (Å²) in [6.45, 7) is 3.87. The summed E-state index contributed by atoms with van der Waals surface area (Å²) in [5, 5.41) is 12.0. The van der Waals surface area contributed by atoms with Gasteiger partial charge < -0.3 is 11.2 Å². The number of halogens is 2. The third-order valence-corrected chi connectivity index (χ3v) is 5.72. The Labute approximate surface area is 177 Å². The molecule has 0 aliphatic rings. The van der Waals surface area contributed by atoms with E-state index in [9.17, 15) is 4.79 Å². The molecule has 2 aromatic carbocycles. The highest BCUT2D eigenvalue weighted by Crippen LogP contribution is 2.31. The van der Waals surface area contributed by atoms with Gasteiger partial charge in [-0.15, -0.1) is 10.2 Å². The second-order valence-electron chi connectivity index (χ2n) is 6.10. The zero-order valence-electron chi connectivity index (χ0n) is 15.3. The fraction of sp³-hybridized carbons (Fsp3) is 0.211. The number of nitrogens with zero attached hydrogens (tertiary/aromatic N) is 3. The number of aryl methyl sites for hydroxylation is 1. The number of thioether (sulfide) groups is 1. The van der Waals surface area contributed by atoms with Crippen LogP contribution in [0.1, 0.15) is 19.4 Å². The smallest absolute Gasteiger partial charge is 0.237 e. The summed E-state index contributed by atoms with van der Waals surface area (Å²) in [5.41, 5.74) is 2.57. The number of benzene rings is 2. The maximum atomic E-state index is 12.5. The molecule has 3 aromatic rings.